The average Bonchev–Trinajstić information content (AvgIpc) is 2.33. The van der Waals surface area contributed by atoms with Gasteiger partial charge in [-0.3, -0.25) is 15.8 Å². The summed E-state index contributed by atoms with van der Waals surface area (Å²) in [6.45, 7) is 4.13. The summed E-state index contributed by atoms with van der Waals surface area (Å²) in [7, 11) is 0. The Kier molecular flexibility index (Phi) is 6.86. The Morgan fingerprint density at radius 1 is 1.23 bits per heavy atom. The van der Waals surface area contributed by atoms with Crippen LogP contribution in [0.3, 0.4) is 0 Å². The number of hydrogen-bond acceptors (Lipinski definition) is 2. The van der Waals surface area contributed by atoms with Crippen LogP contribution in [-0.2, 0) is 6.18 Å². The first-order valence-electron chi connectivity index (χ1n) is 5.97. The summed E-state index contributed by atoms with van der Waals surface area (Å²) >= 11 is 18.5. The lowest BCUT2D eigenvalue weighted by atomic mass is 10.2. The predicted octanol–water partition coefficient (Wildman–Crippen LogP) is 5.85. The van der Waals surface area contributed by atoms with E-state index in [9.17, 15) is 13.2 Å². The number of hydrogen-bond donors (Lipinski definition) is 2. The molecule has 0 spiro atoms. The van der Waals surface area contributed by atoms with E-state index < -0.39 is 15.0 Å². The van der Waals surface area contributed by atoms with E-state index in [-0.39, 0.29) is 15.7 Å². The number of aliphatic imine (C=N–C) groups is 1. The van der Waals surface area contributed by atoms with Gasteiger partial charge in [-0.1, -0.05) is 55.1 Å². The molecule has 1 rings (SSSR count). The number of alkyl halides is 5. The Morgan fingerprint density at radius 2 is 1.73 bits per heavy atom. The fourth-order valence-corrected chi connectivity index (χ4v) is 2.45. The van der Waals surface area contributed by atoms with Crippen molar-refractivity contribution in [1.82, 2.24) is 5.43 Å². The molecule has 0 radical (unpaired) electrons. The lowest BCUT2D eigenvalue weighted by Crippen LogP contribution is -2.39. The number of anilines is 1. The van der Waals surface area contributed by atoms with E-state index in [0.717, 1.165) is 12.1 Å². The van der Waals surface area contributed by atoms with Crippen LogP contribution >= 0.6 is 55.1 Å². The van der Waals surface area contributed by atoms with Gasteiger partial charge in [0, 0.05) is 6.54 Å². The zero-order chi connectivity index (χ0) is 17.1. The van der Waals surface area contributed by atoms with E-state index in [0.29, 0.717) is 12.4 Å². The van der Waals surface area contributed by atoms with Gasteiger partial charge >= 0.3 is 6.18 Å². The van der Waals surface area contributed by atoms with Crippen molar-refractivity contribution >= 4 is 66.6 Å². The first-order chi connectivity index (χ1) is 9.96. The van der Waals surface area contributed by atoms with Crippen molar-refractivity contribution in [3.8, 4) is 0 Å². The summed E-state index contributed by atoms with van der Waals surface area (Å²) in [5.74, 6) is 0.474. The minimum atomic E-state index is -4.52. The summed E-state index contributed by atoms with van der Waals surface area (Å²) in [5, 5.41) is -0.317. The molecule has 1 aromatic carbocycles. The normalized spacial score (nSPS) is 13.2. The van der Waals surface area contributed by atoms with Crippen molar-refractivity contribution in [2.45, 2.75) is 23.3 Å². The second kappa shape index (κ2) is 7.59. The first kappa shape index (κ1) is 19.9. The lowest BCUT2D eigenvalue weighted by Gasteiger charge is -2.21. The summed E-state index contributed by atoms with van der Waals surface area (Å²) in [4.78, 5) is 4.21. The number of hydrazine groups is 1. The van der Waals surface area contributed by atoms with Gasteiger partial charge in [0.2, 0.25) is 0 Å². The maximum Gasteiger partial charge on any atom is 0.416 e. The van der Waals surface area contributed by atoms with Gasteiger partial charge in [-0.15, -0.1) is 0 Å². The molecule has 0 atom stereocenters. The molecule has 0 aromatic heterocycles. The van der Waals surface area contributed by atoms with Crippen LogP contribution in [0.4, 0.5) is 18.9 Å². The number of nitrogens with zero attached hydrogens (tertiary/aromatic N) is 1. The minimum Gasteiger partial charge on any atom is -0.297 e. The van der Waals surface area contributed by atoms with E-state index in [1.165, 1.54) is 0 Å². The number of nitrogens with one attached hydrogen (secondary N) is 2. The molecule has 0 fully saturated rings. The molecule has 0 aliphatic carbocycles. The highest BCUT2D eigenvalue weighted by Crippen LogP contribution is 2.38. The zero-order valence-corrected chi connectivity index (χ0v) is 16.1. The highest BCUT2D eigenvalue weighted by atomic mass is 79.9. The van der Waals surface area contributed by atoms with Crippen LogP contribution in [0.25, 0.3) is 0 Å². The van der Waals surface area contributed by atoms with Crippen molar-refractivity contribution < 1.29 is 13.2 Å². The van der Waals surface area contributed by atoms with E-state index in [1.807, 2.05) is 6.92 Å². The molecule has 3 nitrogen and oxygen atoms in total. The Morgan fingerprint density at radius 3 is 2.09 bits per heavy atom. The van der Waals surface area contributed by atoms with Crippen LogP contribution in [-0.4, -0.2) is 15.6 Å². The van der Waals surface area contributed by atoms with E-state index >= 15 is 0 Å². The van der Waals surface area contributed by atoms with Gasteiger partial charge in [0.05, 0.1) is 21.3 Å². The molecular weight excluding hydrogens is 474 g/mol. The van der Waals surface area contributed by atoms with Crippen LogP contribution in [0.15, 0.2) is 17.1 Å². The van der Waals surface area contributed by atoms with E-state index in [1.54, 1.807) is 6.92 Å². The van der Waals surface area contributed by atoms with Gasteiger partial charge in [0.15, 0.2) is 0 Å². The number of rotatable bonds is 4. The van der Waals surface area contributed by atoms with Gasteiger partial charge in [-0.2, -0.15) is 13.2 Å². The van der Waals surface area contributed by atoms with Crippen molar-refractivity contribution in [1.29, 1.82) is 0 Å². The molecule has 0 bridgehead atoms. The van der Waals surface area contributed by atoms with Crippen LogP contribution in [0.5, 0.6) is 0 Å². The molecule has 10 heteroatoms. The number of amidine groups is 1. The van der Waals surface area contributed by atoms with E-state index in [2.05, 4.69) is 47.7 Å². The van der Waals surface area contributed by atoms with Gasteiger partial charge in [0.1, 0.15) is 9.07 Å². The number of halogens is 7. The predicted molar refractivity (Wildman–Crippen MR) is 92.5 cm³/mol. The van der Waals surface area contributed by atoms with Crippen molar-refractivity contribution in [3.05, 3.63) is 27.7 Å². The highest BCUT2D eigenvalue weighted by molar-refractivity contribution is 9.25. The molecule has 2 N–H and O–H groups in total. The Balaban J connectivity index is 3.03. The molecule has 0 unspecified atom stereocenters. The topological polar surface area (TPSA) is 36.4 Å². The fraction of sp³-hybridized carbons (Fsp3) is 0.417. The molecule has 0 aliphatic heterocycles. The molecule has 124 valence electrons. The average molecular weight is 486 g/mol. The van der Waals surface area contributed by atoms with Gasteiger partial charge in [-0.25, -0.2) is 0 Å². The van der Waals surface area contributed by atoms with Gasteiger partial charge in [0.25, 0.3) is 0 Å². The third-order valence-corrected chi connectivity index (χ3v) is 3.75. The SMILES string of the molecule is CCN=C(NNc1c(Cl)cc(C(F)(F)F)cc1Cl)C(C)(Br)Br. The summed E-state index contributed by atoms with van der Waals surface area (Å²) in [5.41, 5.74) is 4.67. The molecule has 0 heterocycles. The largest absolute Gasteiger partial charge is 0.416 e. The summed E-state index contributed by atoms with van der Waals surface area (Å²) in [6, 6.07) is 1.60. The Hall–Kier alpha value is -0.180. The second-order valence-electron chi connectivity index (χ2n) is 4.27. The second-order valence-corrected chi connectivity index (χ2v) is 9.32. The van der Waals surface area contributed by atoms with Gasteiger partial charge < -0.3 is 0 Å². The molecule has 0 aliphatic rings. The molecule has 0 saturated carbocycles. The maximum atomic E-state index is 12.7. The summed E-state index contributed by atoms with van der Waals surface area (Å²) < 4.78 is 37.4. The van der Waals surface area contributed by atoms with Crippen LogP contribution in [0.2, 0.25) is 10.0 Å². The van der Waals surface area contributed by atoms with Crippen molar-refractivity contribution in [2.75, 3.05) is 12.0 Å². The standard InChI is InChI=1S/C12H12Br2Cl2F3N3/c1-3-20-10(11(2,13)14)22-21-9-7(15)4-6(5-8(9)16)12(17,18)19/h4-5,21H,3H2,1-2H3,(H,20,22). The van der Waals surface area contributed by atoms with E-state index in [4.69, 9.17) is 23.2 Å². The van der Waals surface area contributed by atoms with Gasteiger partial charge in [-0.05, 0) is 26.0 Å². The molecule has 0 saturated heterocycles. The maximum absolute atomic E-state index is 12.7. The first-order valence-corrected chi connectivity index (χ1v) is 8.32. The molecule has 22 heavy (non-hydrogen) atoms. The van der Waals surface area contributed by atoms with Crippen molar-refractivity contribution in [2.24, 2.45) is 4.99 Å². The third kappa shape index (κ3) is 5.47. The zero-order valence-electron chi connectivity index (χ0n) is 11.5. The number of benzene rings is 1. The fourth-order valence-electron chi connectivity index (χ4n) is 1.42. The lowest BCUT2D eigenvalue weighted by molar-refractivity contribution is -0.137. The van der Waals surface area contributed by atoms with Crippen LogP contribution in [0.1, 0.15) is 19.4 Å². The monoisotopic (exact) mass is 483 g/mol. The smallest absolute Gasteiger partial charge is 0.297 e. The van der Waals surface area contributed by atoms with Crippen LogP contribution < -0.4 is 10.9 Å². The highest BCUT2D eigenvalue weighted by Gasteiger charge is 2.32. The molecular formula is C12H12Br2Cl2F3N3. The third-order valence-electron chi connectivity index (χ3n) is 2.41. The van der Waals surface area contributed by atoms with Crippen LogP contribution in [0, 0.1) is 0 Å². The summed E-state index contributed by atoms with van der Waals surface area (Å²) in [6.07, 6.45) is -4.52. The minimum absolute atomic E-state index is 0.129. The Labute approximate surface area is 152 Å². The quantitative estimate of drug-likeness (QED) is 0.243. The Bertz CT molecular complexity index is 549. The van der Waals surface area contributed by atoms with Crippen molar-refractivity contribution in [3.63, 3.8) is 0 Å². The molecule has 1 aromatic rings. The molecule has 0 amide bonds.